The molecule has 0 fully saturated rings. The third kappa shape index (κ3) is 4.15. The van der Waals surface area contributed by atoms with Gasteiger partial charge in [0.1, 0.15) is 11.5 Å². The Morgan fingerprint density at radius 2 is 1.92 bits per heavy atom. The van der Waals surface area contributed by atoms with Crippen LogP contribution in [-0.2, 0) is 0 Å². The molecule has 0 bridgehead atoms. The van der Waals surface area contributed by atoms with Gasteiger partial charge in [-0.2, -0.15) is 0 Å². The Hall–Kier alpha value is -2.99. The van der Waals surface area contributed by atoms with Crippen LogP contribution in [0.2, 0.25) is 5.02 Å². The number of halogens is 1. The Bertz CT molecular complexity index is 920. The summed E-state index contributed by atoms with van der Waals surface area (Å²) >= 11 is 6.23. The van der Waals surface area contributed by atoms with Crippen LogP contribution in [0.4, 0.5) is 5.69 Å². The summed E-state index contributed by atoms with van der Waals surface area (Å²) in [7, 11) is 0. The van der Waals surface area contributed by atoms with Gasteiger partial charge in [0.2, 0.25) is 0 Å². The lowest BCUT2D eigenvalue weighted by Gasteiger charge is -2.11. The average molecular weight is 373 g/mol. The molecule has 1 aromatic heterocycles. The first-order valence-electron chi connectivity index (χ1n) is 7.96. The number of phenolic OH excluding ortho intramolecular Hbond substituents is 1. The molecule has 7 heteroatoms. The number of carbonyl (C=O) groups is 1. The lowest BCUT2D eigenvalue weighted by atomic mass is 10.1. The molecular formula is C19H17ClN2O4. The van der Waals surface area contributed by atoms with Gasteiger partial charge in [-0.1, -0.05) is 16.8 Å². The molecule has 0 saturated carbocycles. The number of rotatable bonds is 5. The zero-order valence-electron chi connectivity index (χ0n) is 14.2. The summed E-state index contributed by atoms with van der Waals surface area (Å²) in [6.45, 7) is 3.83. The number of ether oxygens (including phenoxy) is 1. The largest absolute Gasteiger partial charge is 0.508 e. The number of amides is 1. The molecule has 0 atom stereocenters. The summed E-state index contributed by atoms with van der Waals surface area (Å²) < 4.78 is 10.8. The molecule has 0 aliphatic heterocycles. The van der Waals surface area contributed by atoms with Crippen molar-refractivity contribution in [2.24, 2.45) is 0 Å². The van der Waals surface area contributed by atoms with E-state index in [0.717, 1.165) is 0 Å². The van der Waals surface area contributed by atoms with E-state index in [0.29, 0.717) is 27.8 Å². The van der Waals surface area contributed by atoms with Crippen LogP contribution in [0.5, 0.6) is 11.5 Å². The number of aromatic hydroxyl groups is 1. The van der Waals surface area contributed by atoms with Crippen molar-refractivity contribution in [3.63, 3.8) is 0 Å². The van der Waals surface area contributed by atoms with Gasteiger partial charge in [-0.25, -0.2) is 0 Å². The van der Waals surface area contributed by atoms with E-state index in [1.807, 2.05) is 13.8 Å². The first-order chi connectivity index (χ1) is 12.4. The molecule has 2 N–H and O–H groups in total. The molecule has 2 aromatic carbocycles. The molecule has 6 nitrogen and oxygen atoms in total. The van der Waals surface area contributed by atoms with Gasteiger partial charge in [-0.15, -0.1) is 0 Å². The minimum Gasteiger partial charge on any atom is -0.508 e. The summed E-state index contributed by atoms with van der Waals surface area (Å²) in [6.07, 6.45) is 0.0128. The number of anilines is 1. The summed E-state index contributed by atoms with van der Waals surface area (Å²) in [4.78, 5) is 12.2. The molecule has 0 radical (unpaired) electrons. The van der Waals surface area contributed by atoms with Crippen LogP contribution in [0.3, 0.4) is 0 Å². The zero-order chi connectivity index (χ0) is 18.7. The van der Waals surface area contributed by atoms with Crippen LogP contribution >= 0.6 is 11.6 Å². The summed E-state index contributed by atoms with van der Waals surface area (Å²) in [5, 5.41) is 16.2. The number of nitrogens with zero attached hydrogens (tertiary/aromatic N) is 1. The fourth-order valence-corrected chi connectivity index (χ4v) is 2.49. The van der Waals surface area contributed by atoms with Gasteiger partial charge in [-0.3, -0.25) is 4.79 Å². The molecule has 0 aliphatic rings. The quantitative estimate of drug-likeness (QED) is 0.632. The third-order valence-electron chi connectivity index (χ3n) is 3.45. The Balaban J connectivity index is 1.75. The average Bonchev–Trinajstić information content (AvgIpc) is 3.08. The number of hydrogen-bond donors (Lipinski definition) is 2. The number of nitrogens with one attached hydrogen (secondary N) is 1. The Morgan fingerprint density at radius 3 is 2.58 bits per heavy atom. The standard InChI is InChI=1S/C19H17ClN2O4/c1-11(2)25-17-8-3-12(9-15(17)20)18-10-16(22-26-18)19(24)21-13-4-6-14(23)7-5-13/h3-11,23H,1-2H3,(H,21,24). The minimum absolute atomic E-state index is 0.0128. The van der Waals surface area contributed by atoms with Crippen molar-refractivity contribution in [1.82, 2.24) is 5.16 Å². The Kier molecular flexibility index (Phi) is 5.14. The van der Waals surface area contributed by atoms with Crippen molar-refractivity contribution >= 4 is 23.2 Å². The second kappa shape index (κ2) is 7.49. The highest BCUT2D eigenvalue weighted by Crippen LogP contribution is 2.31. The minimum atomic E-state index is -0.420. The summed E-state index contributed by atoms with van der Waals surface area (Å²) in [6, 6.07) is 12.9. The van der Waals surface area contributed by atoms with Crippen LogP contribution < -0.4 is 10.1 Å². The van der Waals surface area contributed by atoms with Crippen LogP contribution in [-0.4, -0.2) is 22.3 Å². The van der Waals surface area contributed by atoms with Gasteiger partial charge in [0.25, 0.3) is 5.91 Å². The van der Waals surface area contributed by atoms with Gasteiger partial charge in [0.05, 0.1) is 11.1 Å². The fourth-order valence-electron chi connectivity index (χ4n) is 2.26. The number of aromatic nitrogens is 1. The monoisotopic (exact) mass is 372 g/mol. The van der Waals surface area contributed by atoms with Crippen LogP contribution in [0, 0.1) is 0 Å². The van der Waals surface area contributed by atoms with Crippen molar-refractivity contribution in [2.75, 3.05) is 5.32 Å². The molecule has 1 heterocycles. The number of hydrogen-bond acceptors (Lipinski definition) is 5. The summed E-state index contributed by atoms with van der Waals surface area (Å²) in [5.74, 6) is 0.694. The molecule has 0 unspecified atom stereocenters. The number of benzene rings is 2. The fraction of sp³-hybridized carbons (Fsp3) is 0.158. The second-order valence-electron chi connectivity index (χ2n) is 5.89. The van der Waals surface area contributed by atoms with E-state index in [1.165, 1.54) is 18.2 Å². The molecular weight excluding hydrogens is 356 g/mol. The van der Waals surface area contributed by atoms with E-state index >= 15 is 0 Å². The molecule has 3 aromatic rings. The molecule has 134 valence electrons. The third-order valence-corrected chi connectivity index (χ3v) is 3.74. The van der Waals surface area contributed by atoms with E-state index in [2.05, 4.69) is 10.5 Å². The Morgan fingerprint density at radius 1 is 1.19 bits per heavy atom. The van der Waals surface area contributed by atoms with Gasteiger partial charge >= 0.3 is 0 Å². The van der Waals surface area contributed by atoms with E-state index in [4.69, 9.17) is 20.9 Å². The SMILES string of the molecule is CC(C)Oc1ccc(-c2cc(C(=O)Nc3ccc(O)cc3)no2)cc1Cl. The highest BCUT2D eigenvalue weighted by molar-refractivity contribution is 6.32. The lowest BCUT2D eigenvalue weighted by molar-refractivity contribution is 0.101. The maximum Gasteiger partial charge on any atom is 0.277 e. The van der Waals surface area contributed by atoms with E-state index in [9.17, 15) is 9.90 Å². The topological polar surface area (TPSA) is 84.6 Å². The first kappa shape index (κ1) is 17.8. The zero-order valence-corrected chi connectivity index (χ0v) is 14.9. The Labute approximate surface area is 155 Å². The molecule has 0 saturated heterocycles. The van der Waals surface area contributed by atoms with E-state index in [-0.39, 0.29) is 17.5 Å². The first-order valence-corrected chi connectivity index (χ1v) is 8.34. The van der Waals surface area contributed by atoms with Crippen molar-refractivity contribution in [3.05, 3.63) is 59.2 Å². The molecule has 0 spiro atoms. The van der Waals surface area contributed by atoms with Crippen LogP contribution in [0.15, 0.2) is 53.1 Å². The van der Waals surface area contributed by atoms with Gasteiger partial charge < -0.3 is 19.7 Å². The predicted octanol–water partition coefficient (Wildman–Crippen LogP) is 4.74. The van der Waals surface area contributed by atoms with E-state index in [1.54, 1.807) is 30.3 Å². The van der Waals surface area contributed by atoms with E-state index < -0.39 is 5.91 Å². The highest BCUT2D eigenvalue weighted by atomic mass is 35.5. The van der Waals surface area contributed by atoms with Gasteiger partial charge in [-0.05, 0) is 56.3 Å². The second-order valence-corrected chi connectivity index (χ2v) is 6.30. The van der Waals surface area contributed by atoms with Crippen molar-refractivity contribution in [2.45, 2.75) is 20.0 Å². The normalized spacial score (nSPS) is 10.8. The summed E-state index contributed by atoms with van der Waals surface area (Å²) in [5.41, 5.74) is 1.35. The number of carbonyl (C=O) groups excluding carboxylic acids is 1. The maximum atomic E-state index is 12.2. The highest BCUT2D eigenvalue weighted by Gasteiger charge is 2.15. The van der Waals surface area contributed by atoms with Gasteiger partial charge in [0.15, 0.2) is 11.5 Å². The van der Waals surface area contributed by atoms with Crippen LogP contribution in [0.1, 0.15) is 24.3 Å². The van der Waals surface area contributed by atoms with Crippen molar-refractivity contribution in [3.8, 4) is 22.8 Å². The predicted molar refractivity (Wildman–Crippen MR) is 98.8 cm³/mol. The lowest BCUT2D eigenvalue weighted by Crippen LogP contribution is -2.11. The molecule has 1 amide bonds. The maximum absolute atomic E-state index is 12.2. The van der Waals surface area contributed by atoms with Gasteiger partial charge in [0, 0.05) is 17.3 Å². The molecule has 0 aliphatic carbocycles. The molecule has 26 heavy (non-hydrogen) atoms. The molecule has 3 rings (SSSR count). The van der Waals surface area contributed by atoms with Crippen molar-refractivity contribution in [1.29, 1.82) is 0 Å². The smallest absolute Gasteiger partial charge is 0.277 e. The van der Waals surface area contributed by atoms with Crippen LogP contribution in [0.25, 0.3) is 11.3 Å². The number of phenols is 1. The van der Waals surface area contributed by atoms with Crippen molar-refractivity contribution < 1.29 is 19.2 Å².